The predicted octanol–water partition coefficient (Wildman–Crippen LogP) is 6.76. The van der Waals surface area contributed by atoms with Gasteiger partial charge in [-0.1, -0.05) is 12.1 Å². The third-order valence-electron chi connectivity index (χ3n) is 7.32. The van der Waals surface area contributed by atoms with Crippen molar-refractivity contribution in [3.05, 3.63) is 114 Å². The van der Waals surface area contributed by atoms with Gasteiger partial charge in [0.2, 0.25) is 5.91 Å². The maximum Gasteiger partial charge on any atom is 0.286 e. The number of thioether (sulfide) groups is 1. The summed E-state index contributed by atoms with van der Waals surface area (Å²) in [5.41, 5.74) is 2.67. The molecule has 1 saturated heterocycles. The Kier molecular flexibility index (Phi) is 7.98. The summed E-state index contributed by atoms with van der Waals surface area (Å²) in [6.07, 6.45) is 0.421. The van der Waals surface area contributed by atoms with Crippen LogP contribution in [0.3, 0.4) is 0 Å². The number of amides is 3. The number of carbonyl (C=O) groups is 3. The van der Waals surface area contributed by atoms with Gasteiger partial charge < -0.3 is 19.4 Å². The molecule has 9 nitrogen and oxygen atoms in total. The zero-order valence-electron chi connectivity index (χ0n) is 24.1. The molecule has 2 heterocycles. The second-order valence-electron chi connectivity index (χ2n) is 10.6. The van der Waals surface area contributed by atoms with E-state index in [0.717, 1.165) is 40.5 Å². The van der Waals surface area contributed by atoms with E-state index in [2.05, 4.69) is 15.6 Å². The third-order valence-corrected chi connectivity index (χ3v) is 8.38. The number of rotatable bonds is 9. The number of fused-ring (bicyclic) bond motifs is 1. The van der Waals surface area contributed by atoms with Crippen molar-refractivity contribution >= 4 is 45.5 Å². The average Bonchev–Trinajstić information content (AvgIpc) is 3.45. The number of aromatic nitrogens is 2. The molecule has 3 amide bonds. The summed E-state index contributed by atoms with van der Waals surface area (Å²) in [6, 6.07) is 22.2. The first-order valence-corrected chi connectivity index (χ1v) is 14.6. The number of nitrogens with one attached hydrogen (secondary N) is 2. The van der Waals surface area contributed by atoms with Crippen LogP contribution in [0.2, 0.25) is 0 Å². The summed E-state index contributed by atoms with van der Waals surface area (Å²) >= 11 is 1.01. The van der Waals surface area contributed by atoms with Crippen LogP contribution >= 0.6 is 11.8 Å². The van der Waals surface area contributed by atoms with Crippen molar-refractivity contribution in [2.24, 2.45) is 7.05 Å². The normalized spacial score (nSPS) is 16.1. The van der Waals surface area contributed by atoms with Crippen LogP contribution in [0.25, 0.3) is 11.0 Å². The number of ether oxygens (including phenoxy) is 2. The number of anilines is 1. The number of carbonyl (C=O) groups excluding carboxylic acids is 3. The van der Waals surface area contributed by atoms with Crippen LogP contribution in [-0.2, 0) is 24.9 Å². The fourth-order valence-electron chi connectivity index (χ4n) is 4.89. The molecule has 0 saturated carbocycles. The molecule has 0 bridgehead atoms. The molecule has 6 rings (SSSR count). The van der Waals surface area contributed by atoms with Crippen molar-refractivity contribution in [2.75, 3.05) is 5.32 Å². The van der Waals surface area contributed by atoms with Gasteiger partial charge in [0.15, 0.2) is 0 Å². The van der Waals surface area contributed by atoms with E-state index in [4.69, 9.17) is 9.47 Å². The number of benzene rings is 4. The summed E-state index contributed by atoms with van der Waals surface area (Å²) in [5.74, 6) is -0.244. The quantitative estimate of drug-likeness (QED) is 0.186. The molecule has 228 valence electrons. The molecule has 0 radical (unpaired) electrons. The molecule has 12 heteroatoms. The molecule has 1 atom stereocenters. The zero-order chi connectivity index (χ0) is 31.7. The topological polar surface area (TPSA) is 112 Å². The van der Waals surface area contributed by atoms with E-state index in [0.29, 0.717) is 41.2 Å². The second-order valence-corrected chi connectivity index (χ2v) is 12.1. The molecular formula is C33H26F2N4O5S. The van der Waals surface area contributed by atoms with E-state index in [1.54, 1.807) is 37.3 Å². The average molecular weight is 629 g/mol. The number of aryl methyl sites for hydroxylation is 1. The highest BCUT2D eigenvalue weighted by Gasteiger charge is 2.43. The summed E-state index contributed by atoms with van der Waals surface area (Å²) in [5, 5.41) is 4.59. The fraction of sp³-hybridized carbons (Fsp3) is 0.152. The Hall–Kier alpha value is -5.23. The zero-order valence-corrected chi connectivity index (χ0v) is 24.9. The lowest BCUT2D eigenvalue weighted by atomic mass is 9.99. The number of hydrogen-bond donors (Lipinski definition) is 2. The van der Waals surface area contributed by atoms with Crippen molar-refractivity contribution in [3.63, 3.8) is 0 Å². The lowest BCUT2D eigenvalue weighted by Crippen LogP contribution is -2.35. The first-order valence-electron chi connectivity index (χ1n) is 13.8. The van der Waals surface area contributed by atoms with Crippen LogP contribution < -0.4 is 20.1 Å². The smallest absolute Gasteiger partial charge is 0.286 e. The summed E-state index contributed by atoms with van der Waals surface area (Å²) < 4.78 is 40.1. The highest BCUT2D eigenvalue weighted by Crippen LogP contribution is 2.35. The lowest BCUT2D eigenvalue weighted by Gasteiger charge is -2.18. The Balaban J connectivity index is 1.07. The first-order chi connectivity index (χ1) is 21.6. The molecule has 1 aliphatic heterocycles. The van der Waals surface area contributed by atoms with E-state index >= 15 is 0 Å². The lowest BCUT2D eigenvalue weighted by molar-refractivity contribution is -0.121. The van der Waals surface area contributed by atoms with E-state index < -0.39 is 22.3 Å². The Labute approximate surface area is 260 Å². The Morgan fingerprint density at radius 3 is 2.36 bits per heavy atom. The minimum Gasteiger partial charge on any atom is -0.486 e. The van der Waals surface area contributed by atoms with Gasteiger partial charge in [0.05, 0.1) is 16.6 Å². The van der Waals surface area contributed by atoms with Crippen molar-refractivity contribution in [1.29, 1.82) is 0 Å². The number of hydrogen-bond acceptors (Lipinski definition) is 7. The summed E-state index contributed by atoms with van der Waals surface area (Å²) in [6.45, 7) is 1.98. The second kappa shape index (κ2) is 12.0. The molecule has 1 fully saturated rings. The van der Waals surface area contributed by atoms with Crippen LogP contribution in [0.1, 0.15) is 28.7 Å². The molecule has 4 aromatic carbocycles. The molecule has 2 N–H and O–H groups in total. The van der Waals surface area contributed by atoms with Crippen molar-refractivity contribution in [3.8, 4) is 17.2 Å². The third kappa shape index (κ3) is 6.50. The van der Waals surface area contributed by atoms with Crippen molar-refractivity contribution in [2.45, 2.75) is 24.7 Å². The van der Waals surface area contributed by atoms with Gasteiger partial charge in [-0.2, -0.15) is 0 Å². The van der Waals surface area contributed by atoms with E-state index in [9.17, 15) is 23.2 Å². The van der Waals surface area contributed by atoms with Crippen LogP contribution in [0.5, 0.6) is 17.2 Å². The van der Waals surface area contributed by atoms with Gasteiger partial charge in [0.1, 0.15) is 46.1 Å². The van der Waals surface area contributed by atoms with Crippen LogP contribution in [-0.4, -0.2) is 31.4 Å². The molecule has 1 aromatic heterocycles. The number of halogens is 2. The highest BCUT2D eigenvalue weighted by atomic mass is 32.2. The van der Waals surface area contributed by atoms with E-state index in [1.165, 1.54) is 0 Å². The molecule has 0 aliphatic carbocycles. The van der Waals surface area contributed by atoms with Gasteiger partial charge in [0.25, 0.3) is 11.1 Å². The summed E-state index contributed by atoms with van der Waals surface area (Å²) in [7, 11) is 1.88. The van der Waals surface area contributed by atoms with Crippen LogP contribution in [0.4, 0.5) is 19.3 Å². The van der Waals surface area contributed by atoms with Gasteiger partial charge in [0, 0.05) is 24.9 Å². The molecule has 5 aromatic rings. The maximum atomic E-state index is 13.9. The monoisotopic (exact) mass is 628 g/mol. The van der Waals surface area contributed by atoms with Gasteiger partial charge in [-0.15, -0.1) is 0 Å². The van der Waals surface area contributed by atoms with Gasteiger partial charge in [-0.25, -0.2) is 13.8 Å². The standard InChI is InChI=1S/C33H26F2N4O5S/c1-33(31(41)38-32(42)45-33)17-19-3-8-22(9-4-19)43-18-29-37-27-14-12-24(16-28(27)39(29)2)44-23-10-6-21(7-11-23)36-30(40)25-13-5-20(34)15-26(25)35/h3-16H,17-18H2,1-2H3,(H,36,40)(H,38,41,42). The minimum atomic E-state index is -0.941. The first kappa shape index (κ1) is 29.8. The molecule has 1 unspecified atom stereocenters. The Bertz CT molecular complexity index is 1950. The number of imidazole rings is 1. The van der Waals surface area contributed by atoms with Crippen molar-refractivity contribution < 1.29 is 32.6 Å². The van der Waals surface area contributed by atoms with Crippen LogP contribution in [0, 0.1) is 11.6 Å². The SMILES string of the molecule is Cn1c(COc2ccc(CC3(C)SC(=O)NC3=O)cc2)nc2ccc(Oc3ccc(NC(=O)c4ccc(F)cc4F)cc3)cc21. The molecule has 1 aliphatic rings. The number of nitrogens with zero attached hydrogens (tertiary/aromatic N) is 2. The highest BCUT2D eigenvalue weighted by molar-refractivity contribution is 8.16. The Morgan fingerprint density at radius 1 is 0.956 bits per heavy atom. The van der Waals surface area contributed by atoms with E-state index in [1.807, 2.05) is 48.0 Å². The fourth-order valence-corrected chi connectivity index (χ4v) is 5.82. The van der Waals surface area contributed by atoms with Crippen LogP contribution in [0.15, 0.2) is 84.9 Å². The van der Waals surface area contributed by atoms with Gasteiger partial charge in [-0.05, 0) is 91.3 Å². The number of imide groups is 1. The summed E-state index contributed by atoms with van der Waals surface area (Å²) in [4.78, 5) is 40.8. The van der Waals surface area contributed by atoms with Crippen molar-refractivity contribution in [1.82, 2.24) is 14.9 Å². The minimum absolute atomic E-state index is 0.222. The molecular weight excluding hydrogens is 602 g/mol. The maximum absolute atomic E-state index is 13.9. The largest absolute Gasteiger partial charge is 0.486 e. The molecule has 45 heavy (non-hydrogen) atoms. The molecule has 0 spiro atoms. The van der Waals surface area contributed by atoms with Gasteiger partial charge in [-0.3, -0.25) is 19.7 Å². The predicted molar refractivity (Wildman–Crippen MR) is 166 cm³/mol. The van der Waals surface area contributed by atoms with Gasteiger partial charge >= 0.3 is 0 Å². The Morgan fingerprint density at radius 2 is 1.67 bits per heavy atom. The van der Waals surface area contributed by atoms with E-state index in [-0.39, 0.29) is 23.3 Å².